The summed E-state index contributed by atoms with van der Waals surface area (Å²) in [5, 5.41) is 9.09. The Morgan fingerprint density at radius 2 is 1.60 bits per heavy atom. The van der Waals surface area contributed by atoms with Crippen LogP contribution in [0.2, 0.25) is 5.02 Å². The van der Waals surface area contributed by atoms with E-state index >= 15 is 0 Å². The normalized spacial score (nSPS) is 10.2. The fraction of sp³-hybridized carbons (Fsp3) is 0.263. The van der Waals surface area contributed by atoms with Crippen molar-refractivity contribution in [2.24, 2.45) is 0 Å². The van der Waals surface area contributed by atoms with E-state index in [4.69, 9.17) is 11.6 Å². The third kappa shape index (κ3) is 6.12. The molecule has 0 aliphatic heterocycles. The first-order valence-corrected chi connectivity index (χ1v) is 8.55. The molecular formula is C19H22ClN3O2. The summed E-state index contributed by atoms with van der Waals surface area (Å²) in [4.78, 5) is 23.7. The lowest BCUT2D eigenvalue weighted by Gasteiger charge is -2.12. The zero-order chi connectivity index (χ0) is 18.2. The van der Waals surface area contributed by atoms with Crippen LogP contribution in [0.1, 0.15) is 25.3 Å². The van der Waals surface area contributed by atoms with Crippen molar-refractivity contribution in [2.75, 3.05) is 22.5 Å². The fourth-order valence-electron chi connectivity index (χ4n) is 2.21. The van der Waals surface area contributed by atoms with Crippen LogP contribution in [-0.2, 0) is 9.59 Å². The minimum atomic E-state index is -0.180. The van der Waals surface area contributed by atoms with Crippen molar-refractivity contribution in [1.29, 1.82) is 0 Å². The Morgan fingerprint density at radius 3 is 2.28 bits per heavy atom. The van der Waals surface area contributed by atoms with Crippen LogP contribution in [0, 0.1) is 6.92 Å². The molecule has 0 aliphatic rings. The molecule has 2 aromatic rings. The molecule has 132 valence electrons. The maximum absolute atomic E-state index is 12.0. The summed E-state index contributed by atoms with van der Waals surface area (Å²) in [5.41, 5.74) is 3.10. The number of hydrogen-bond donors (Lipinski definition) is 3. The van der Waals surface area contributed by atoms with Crippen LogP contribution in [0.25, 0.3) is 0 Å². The number of benzene rings is 2. The van der Waals surface area contributed by atoms with Crippen molar-refractivity contribution < 1.29 is 9.59 Å². The predicted molar refractivity (Wildman–Crippen MR) is 103 cm³/mol. The lowest BCUT2D eigenvalue weighted by atomic mass is 10.2. The van der Waals surface area contributed by atoms with Crippen molar-refractivity contribution >= 4 is 40.5 Å². The average molecular weight is 360 g/mol. The van der Waals surface area contributed by atoms with Crippen LogP contribution in [0.4, 0.5) is 17.1 Å². The van der Waals surface area contributed by atoms with Gasteiger partial charge >= 0.3 is 0 Å². The number of carbonyl (C=O) groups is 2. The van der Waals surface area contributed by atoms with Crippen molar-refractivity contribution in [3.05, 3.63) is 53.1 Å². The summed E-state index contributed by atoms with van der Waals surface area (Å²) in [5.74, 6) is -0.228. The molecule has 6 heteroatoms. The van der Waals surface area contributed by atoms with Gasteiger partial charge in [0.15, 0.2) is 0 Å². The van der Waals surface area contributed by atoms with E-state index in [1.165, 1.54) is 0 Å². The molecule has 2 rings (SSSR count). The van der Waals surface area contributed by atoms with E-state index in [9.17, 15) is 9.59 Å². The molecule has 2 amide bonds. The van der Waals surface area contributed by atoms with Crippen LogP contribution in [0.5, 0.6) is 0 Å². The highest BCUT2D eigenvalue weighted by Gasteiger charge is 2.07. The van der Waals surface area contributed by atoms with Gasteiger partial charge in [-0.05, 0) is 43.7 Å². The molecule has 0 radical (unpaired) electrons. The first-order valence-electron chi connectivity index (χ1n) is 8.17. The average Bonchev–Trinajstić information content (AvgIpc) is 2.57. The fourth-order valence-corrected chi connectivity index (χ4v) is 2.39. The van der Waals surface area contributed by atoms with Gasteiger partial charge in [0.05, 0.1) is 17.3 Å². The largest absolute Gasteiger partial charge is 0.375 e. The Hall–Kier alpha value is -2.53. The van der Waals surface area contributed by atoms with Gasteiger partial charge in [-0.15, -0.1) is 0 Å². The first kappa shape index (κ1) is 18.8. The molecule has 0 bridgehead atoms. The number of nitrogens with one attached hydrogen (secondary N) is 3. The Bertz CT molecular complexity index is 745. The number of halogens is 1. The van der Waals surface area contributed by atoms with Crippen LogP contribution >= 0.6 is 11.6 Å². The highest BCUT2D eigenvalue weighted by atomic mass is 35.5. The number of aryl methyl sites for hydroxylation is 1. The van der Waals surface area contributed by atoms with Gasteiger partial charge in [0, 0.05) is 17.8 Å². The van der Waals surface area contributed by atoms with E-state index in [0.717, 1.165) is 17.7 Å². The Balaban J connectivity index is 1.93. The van der Waals surface area contributed by atoms with Gasteiger partial charge < -0.3 is 16.0 Å². The smallest absolute Gasteiger partial charge is 0.243 e. The minimum Gasteiger partial charge on any atom is -0.375 e. The molecule has 3 N–H and O–H groups in total. The molecule has 0 atom stereocenters. The highest BCUT2D eigenvalue weighted by molar-refractivity contribution is 6.33. The molecular weight excluding hydrogens is 338 g/mol. The summed E-state index contributed by atoms with van der Waals surface area (Å²) in [6.07, 6.45) is 1.24. The van der Waals surface area contributed by atoms with Gasteiger partial charge in [-0.25, -0.2) is 0 Å². The molecule has 0 spiro atoms. The lowest BCUT2D eigenvalue weighted by Crippen LogP contribution is -2.22. The SMILES string of the molecule is CCCC(=O)Nc1ccc(Cl)c(NCC(=O)Nc2ccc(C)cc2)c1. The molecule has 0 unspecified atom stereocenters. The molecule has 0 heterocycles. The number of rotatable bonds is 7. The zero-order valence-corrected chi connectivity index (χ0v) is 15.1. The summed E-state index contributed by atoms with van der Waals surface area (Å²) in [6, 6.07) is 12.7. The number of anilines is 3. The molecule has 0 saturated carbocycles. The van der Waals surface area contributed by atoms with Crippen molar-refractivity contribution in [1.82, 2.24) is 0 Å². The van der Waals surface area contributed by atoms with Crippen LogP contribution in [0.15, 0.2) is 42.5 Å². The maximum atomic E-state index is 12.0. The maximum Gasteiger partial charge on any atom is 0.243 e. The second-order valence-electron chi connectivity index (χ2n) is 5.76. The molecule has 2 aromatic carbocycles. The van der Waals surface area contributed by atoms with Gasteiger partial charge in [-0.3, -0.25) is 9.59 Å². The summed E-state index contributed by atoms with van der Waals surface area (Å²) in [7, 11) is 0. The molecule has 0 aromatic heterocycles. The Morgan fingerprint density at radius 1 is 0.960 bits per heavy atom. The standard InChI is InChI=1S/C19H22ClN3O2/c1-3-4-18(24)23-15-9-10-16(20)17(11-15)21-12-19(25)22-14-7-5-13(2)6-8-14/h5-11,21H,3-4,12H2,1-2H3,(H,22,25)(H,23,24). The summed E-state index contributed by atoms with van der Waals surface area (Å²) in [6.45, 7) is 4.00. The number of carbonyl (C=O) groups excluding carboxylic acids is 2. The molecule has 0 saturated heterocycles. The van der Waals surface area contributed by atoms with Crippen molar-refractivity contribution in [3.8, 4) is 0 Å². The second kappa shape index (κ2) is 9.08. The van der Waals surface area contributed by atoms with Gasteiger partial charge in [-0.1, -0.05) is 36.2 Å². The number of amides is 2. The number of hydrogen-bond acceptors (Lipinski definition) is 3. The summed E-state index contributed by atoms with van der Waals surface area (Å²) < 4.78 is 0. The van der Waals surface area contributed by atoms with Crippen LogP contribution < -0.4 is 16.0 Å². The van der Waals surface area contributed by atoms with Gasteiger partial charge in [-0.2, -0.15) is 0 Å². The van der Waals surface area contributed by atoms with Gasteiger partial charge in [0.25, 0.3) is 0 Å². The van der Waals surface area contributed by atoms with Gasteiger partial charge in [0.2, 0.25) is 11.8 Å². The third-order valence-corrected chi connectivity index (χ3v) is 3.83. The summed E-state index contributed by atoms with van der Waals surface area (Å²) >= 11 is 6.15. The van der Waals surface area contributed by atoms with E-state index in [2.05, 4.69) is 16.0 Å². The van der Waals surface area contributed by atoms with E-state index in [1.807, 2.05) is 38.1 Å². The highest BCUT2D eigenvalue weighted by Crippen LogP contribution is 2.25. The zero-order valence-electron chi connectivity index (χ0n) is 14.4. The van der Waals surface area contributed by atoms with Gasteiger partial charge in [0.1, 0.15) is 0 Å². The molecule has 0 aliphatic carbocycles. The van der Waals surface area contributed by atoms with E-state index in [-0.39, 0.29) is 18.4 Å². The third-order valence-electron chi connectivity index (χ3n) is 3.50. The van der Waals surface area contributed by atoms with Crippen molar-refractivity contribution in [3.63, 3.8) is 0 Å². The Labute approximate surface area is 152 Å². The first-order chi connectivity index (χ1) is 12.0. The predicted octanol–water partition coefficient (Wildman–Crippen LogP) is 4.44. The monoisotopic (exact) mass is 359 g/mol. The molecule has 25 heavy (non-hydrogen) atoms. The Kier molecular flexibility index (Phi) is 6.83. The van der Waals surface area contributed by atoms with Crippen LogP contribution in [0.3, 0.4) is 0 Å². The van der Waals surface area contributed by atoms with E-state index in [1.54, 1.807) is 18.2 Å². The van der Waals surface area contributed by atoms with Crippen LogP contribution in [-0.4, -0.2) is 18.4 Å². The molecule has 5 nitrogen and oxygen atoms in total. The quantitative estimate of drug-likeness (QED) is 0.684. The second-order valence-corrected chi connectivity index (χ2v) is 6.17. The molecule has 0 fully saturated rings. The van der Waals surface area contributed by atoms with E-state index < -0.39 is 0 Å². The van der Waals surface area contributed by atoms with Crippen molar-refractivity contribution in [2.45, 2.75) is 26.7 Å². The lowest BCUT2D eigenvalue weighted by molar-refractivity contribution is -0.116. The topological polar surface area (TPSA) is 70.2 Å². The van der Waals surface area contributed by atoms with E-state index in [0.29, 0.717) is 22.8 Å². The minimum absolute atomic E-state index is 0.0483.